The van der Waals surface area contributed by atoms with Gasteiger partial charge >= 0.3 is 0 Å². The van der Waals surface area contributed by atoms with E-state index in [0.717, 1.165) is 5.69 Å². The number of nitrogens with zero attached hydrogens (tertiary/aromatic N) is 3. The molecule has 0 aliphatic carbocycles. The van der Waals surface area contributed by atoms with Crippen LogP contribution in [0.3, 0.4) is 0 Å². The summed E-state index contributed by atoms with van der Waals surface area (Å²) in [4.78, 5) is 12.4. The molecule has 2 aromatic heterocycles. The van der Waals surface area contributed by atoms with Crippen LogP contribution in [0.15, 0.2) is 12.1 Å². The number of anilines is 1. The minimum atomic E-state index is 0.180. The van der Waals surface area contributed by atoms with Gasteiger partial charge in [0.1, 0.15) is 5.52 Å². The highest BCUT2D eigenvalue weighted by Gasteiger charge is 2.07. The Hall–Kier alpha value is -1.65. The number of hydrogen-bond donors (Lipinski definition) is 1. The van der Waals surface area contributed by atoms with Gasteiger partial charge in [0, 0.05) is 5.69 Å². The average Bonchev–Trinajstić information content (AvgIpc) is 2.16. The van der Waals surface area contributed by atoms with Gasteiger partial charge in [0.2, 0.25) is 0 Å². The molecule has 0 unspecified atom stereocenters. The second-order valence-electron chi connectivity index (χ2n) is 3.73. The number of pyridine rings is 1. The lowest BCUT2D eigenvalue weighted by molar-refractivity contribution is 0.829. The molecule has 2 heterocycles. The first-order valence-electron chi connectivity index (χ1n) is 4.77. The van der Waals surface area contributed by atoms with Crippen LogP contribution in [0.1, 0.15) is 25.5 Å². The minimum Gasteiger partial charge on any atom is -0.382 e. The first-order chi connectivity index (χ1) is 7.08. The van der Waals surface area contributed by atoms with E-state index in [2.05, 4.69) is 28.8 Å². The van der Waals surface area contributed by atoms with Gasteiger partial charge in [-0.1, -0.05) is 13.8 Å². The molecular weight excluding hydrogens is 187 g/mol. The van der Waals surface area contributed by atoms with E-state index in [9.17, 15) is 0 Å². The maximum Gasteiger partial charge on any atom is 0.170 e. The van der Waals surface area contributed by atoms with E-state index >= 15 is 0 Å². The number of nitrogen functional groups attached to an aromatic ring is 1. The third-order valence-electron chi connectivity index (χ3n) is 2.20. The van der Waals surface area contributed by atoms with Gasteiger partial charge in [0.05, 0.1) is 11.2 Å². The van der Waals surface area contributed by atoms with E-state index in [1.54, 1.807) is 0 Å². The molecule has 2 N–H and O–H groups in total. The Kier molecular flexibility index (Phi) is 2.30. The van der Waals surface area contributed by atoms with E-state index < -0.39 is 0 Å². The molecule has 0 aliphatic rings. The molecule has 4 nitrogen and oxygen atoms in total. The van der Waals surface area contributed by atoms with Crippen molar-refractivity contribution in [3.8, 4) is 0 Å². The molecule has 0 aliphatic heterocycles. The smallest absolute Gasteiger partial charge is 0.170 e. The van der Waals surface area contributed by atoms with Crippen LogP contribution in [-0.2, 0) is 0 Å². The number of fused-ring (bicyclic) bond motifs is 1. The molecular formula is C10H11BN4. The number of nitrogens with two attached hydrogens (primary N) is 1. The molecule has 0 atom stereocenters. The molecule has 0 saturated heterocycles. The SMILES string of the molecule is [B]c1nc(N)c2nc(C(C)C)ccc2n1. The Bertz CT molecular complexity index is 510. The summed E-state index contributed by atoms with van der Waals surface area (Å²) in [6, 6.07) is 3.80. The highest BCUT2D eigenvalue weighted by Crippen LogP contribution is 2.18. The lowest BCUT2D eigenvalue weighted by Crippen LogP contribution is -2.16. The van der Waals surface area contributed by atoms with Gasteiger partial charge in [-0.3, -0.25) is 0 Å². The third kappa shape index (κ3) is 1.77. The maximum absolute atomic E-state index is 5.73. The fraction of sp³-hybridized carbons (Fsp3) is 0.300. The summed E-state index contributed by atoms with van der Waals surface area (Å²) in [5, 5.41) is 0. The quantitative estimate of drug-likeness (QED) is 0.678. The first-order valence-corrected chi connectivity index (χ1v) is 4.77. The summed E-state index contributed by atoms with van der Waals surface area (Å²) in [5.74, 6) is 0.686. The Morgan fingerprint density at radius 1 is 1.20 bits per heavy atom. The van der Waals surface area contributed by atoms with Gasteiger partial charge in [-0.2, -0.15) is 0 Å². The highest BCUT2D eigenvalue weighted by atomic mass is 15.0. The maximum atomic E-state index is 5.73. The Balaban J connectivity index is 2.71. The standard InChI is InChI=1S/C10H11BN4/c1-5(2)6-3-4-7-8(13-6)9(12)15-10(11)14-7/h3-5H,1-2H3,(H2,12,14,15). The van der Waals surface area contributed by atoms with Crippen molar-refractivity contribution in [1.82, 2.24) is 15.0 Å². The second kappa shape index (κ2) is 3.49. The molecule has 74 valence electrons. The van der Waals surface area contributed by atoms with E-state index in [-0.39, 0.29) is 5.72 Å². The summed E-state index contributed by atoms with van der Waals surface area (Å²) in [7, 11) is 5.49. The van der Waals surface area contributed by atoms with E-state index in [4.69, 9.17) is 13.6 Å². The zero-order chi connectivity index (χ0) is 11.0. The van der Waals surface area contributed by atoms with Gasteiger partial charge < -0.3 is 5.73 Å². The minimum absolute atomic E-state index is 0.180. The van der Waals surface area contributed by atoms with Crippen LogP contribution >= 0.6 is 0 Å². The normalized spacial score (nSPS) is 11.1. The predicted octanol–water partition coefficient (Wildman–Crippen LogP) is 0.524. The van der Waals surface area contributed by atoms with Crippen molar-refractivity contribution in [1.29, 1.82) is 0 Å². The van der Waals surface area contributed by atoms with Gasteiger partial charge in [-0.15, -0.1) is 0 Å². The lowest BCUT2D eigenvalue weighted by atomic mass is 10.1. The summed E-state index contributed by atoms with van der Waals surface area (Å²) < 4.78 is 0. The van der Waals surface area contributed by atoms with Crippen molar-refractivity contribution >= 4 is 30.4 Å². The van der Waals surface area contributed by atoms with Crippen LogP contribution in [0.5, 0.6) is 0 Å². The fourth-order valence-corrected chi connectivity index (χ4v) is 1.39. The average molecular weight is 198 g/mol. The van der Waals surface area contributed by atoms with Crippen molar-refractivity contribution in [3.63, 3.8) is 0 Å². The van der Waals surface area contributed by atoms with Crippen molar-refractivity contribution in [2.24, 2.45) is 0 Å². The number of rotatable bonds is 1. The molecule has 2 radical (unpaired) electrons. The van der Waals surface area contributed by atoms with Crippen LogP contribution in [0.2, 0.25) is 0 Å². The Morgan fingerprint density at radius 2 is 1.93 bits per heavy atom. The molecule has 0 saturated carbocycles. The van der Waals surface area contributed by atoms with Crippen molar-refractivity contribution in [2.45, 2.75) is 19.8 Å². The van der Waals surface area contributed by atoms with Crippen LogP contribution in [-0.4, -0.2) is 22.8 Å². The highest BCUT2D eigenvalue weighted by molar-refractivity contribution is 6.29. The van der Waals surface area contributed by atoms with Crippen molar-refractivity contribution < 1.29 is 0 Å². The second-order valence-corrected chi connectivity index (χ2v) is 3.73. The lowest BCUT2D eigenvalue weighted by Gasteiger charge is -2.07. The third-order valence-corrected chi connectivity index (χ3v) is 2.20. The number of hydrogen-bond acceptors (Lipinski definition) is 4. The van der Waals surface area contributed by atoms with E-state index in [0.29, 0.717) is 22.8 Å². The fourth-order valence-electron chi connectivity index (χ4n) is 1.39. The molecule has 2 aromatic rings. The van der Waals surface area contributed by atoms with E-state index in [1.807, 2.05) is 12.1 Å². The van der Waals surface area contributed by atoms with E-state index in [1.165, 1.54) is 0 Å². The molecule has 0 spiro atoms. The predicted molar refractivity (Wildman–Crippen MR) is 61.2 cm³/mol. The van der Waals surface area contributed by atoms with Gasteiger partial charge in [0.15, 0.2) is 13.7 Å². The van der Waals surface area contributed by atoms with Crippen LogP contribution in [0.25, 0.3) is 11.0 Å². The molecule has 0 bridgehead atoms. The topological polar surface area (TPSA) is 64.7 Å². The molecule has 2 rings (SSSR count). The van der Waals surface area contributed by atoms with Crippen LogP contribution < -0.4 is 11.5 Å². The summed E-state index contributed by atoms with van der Waals surface area (Å²) in [5.41, 5.74) is 8.19. The molecule has 5 heteroatoms. The monoisotopic (exact) mass is 198 g/mol. The van der Waals surface area contributed by atoms with Crippen molar-refractivity contribution in [3.05, 3.63) is 17.8 Å². The van der Waals surface area contributed by atoms with Crippen molar-refractivity contribution in [2.75, 3.05) is 5.73 Å². The van der Waals surface area contributed by atoms with Gasteiger partial charge in [-0.05, 0) is 18.1 Å². The molecule has 15 heavy (non-hydrogen) atoms. The van der Waals surface area contributed by atoms with Crippen LogP contribution in [0.4, 0.5) is 5.82 Å². The zero-order valence-electron chi connectivity index (χ0n) is 8.73. The largest absolute Gasteiger partial charge is 0.382 e. The molecule has 0 fully saturated rings. The summed E-state index contributed by atoms with van der Waals surface area (Å²) in [6.07, 6.45) is 0. The van der Waals surface area contributed by atoms with Gasteiger partial charge in [-0.25, -0.2) is 15.0 Å². The van der Waals surface area contributed by atoms with Crippen LogP contribution in [0, 0.1) is 0 Å². The zero-order valence-corrected chi connectivity index (χ0v) is 8.73. The molecule has 0 aromatic carbocycles. The Labute approximate surface area is 89.4 Å². The molecule has 0 amide bonds. The summed E-state index contributed by atoms with van der Waals surface area (Å²) in [6.45, 7) is 4.14. The number of aromatic nitrogens is 3. The summed E-state index contributed by atoms with van der Waals surface area (Å²) >= 11 is 0. The Morgan fingerprint density at radius 3 is 2.60 bits per heavy atom. The first kappa shape index (κ1) is 9.89. The van der Waals surface area contributed by atoms with Gasteiger partial charge in [0.25, 0.3) is 0 Å².